The lowest BCUT2D eigenvalue weighted by Gasteiger charge is -2.14. The Bertz CT molecular complexity index is 761. The first-order chi connectivity index (χ1) is 13.5. The van der Waals surface area contributed by atoms with Gasteiger partial charge in [-0.1, -0.05) is 37.6 Å². The summed E-state index contributed by atoms with van der Waals surface area (Å²) in [5, 5.41) is 3.27. The van der Waals surface area contributed by atoms with Crippen LogP contribution in [-0.2, 0) is 22.3 Å². The summed E-state index contributed by atoms with van der Waals surface area (Å²) in [6, 6.07) is 14.6. The molecule has 0 fully saturated rings. The number of carbonyl (C=O) groups excluding carboxylic acids is 1. The minimum Gasteiger partial charge on any atom is -0.489 e. The van der Waals surface area contributed by atoms with Crippen LogP contribution in [0.2, 0.25) is 0 Å². The van der Waals surface area contributed by atoms with Crippen molar-refractivity contribution in [2.75, 3.05) is 6.61 Å². The summed E-state index contributed by atoms with van der Waals surface area (Å²) in [5.74, 6) is 0.739. The number of unbranched alkanes of at least 4 members (excludes halogenated alkanes) is 1. The van der Waals surface area contributed by atoms with Gasteiger partial charge in [0.15, 0.2) is 0 Å². The number of hydrogen-bond acceptors (Lipinski definition) is 4. The van der Waals surface area contributed by atoms with Crippen molar-refractivity contribution >= 4 is 19.4 Å². The predicted molar refractivity (Wildman–Crippen MR) is 111 cm³/mol. The van der Waals surface area contributed by atoms with E-state index in [1.165, 1.54) is 0 Å². The third kappa shape index (κ3) is 7.75. The Hall–Kier alpha value is -2.30. The van der Waals surface area contributed by atoms with Gasteiger partial charge in [0.1, 0.15) is 12.4 Å². The molecule has 1 amide bonds. The van der Waals surface area contributed by atoms with Gasteiger partial charge in [-0.3, -0.25) is 4.57 Å². The first kappa shape index (κ1) is 22.0. The molecule has 2 rings (SSSR count). The molecule has 0 saturated carbocycles. The molecule has 2 N–H and O–H groups in total. The molecule has 0 bridgehead atoms. The van der Waals surface area contributed by atoms with Crippen LogP contribution in [0, 0.1) is 0 Å². The molecular formula is C21H28NO5P. The van der Waals surface area contributed by atoms with E-state index in [-0.39, 0.29) is 12.1 Å². The van der Waals surface area contributed by atoms with E-state index < -0.39 is 8.03 Å². The standard InChI is InChI=1S/C21H28NO5P/c1-3-4-13-26-21(23)22-16(2)14-17-5-9-19(10-6-17)27-15-18-7-11-20(12-8-18)28(24)25/h5-12,16,28H,3-4,13-15H2,1-2H3,(H,22,23)(H,24,25). The van der Waals surface area contributed by atoms with Crippen molar-refractivity contribution < 1.29 is 23.7 Å². The molecule has 0 heterocycles. The second kappa shape index (κ2) is 11.5. The van der Waals surface area contributed by atoms with E-state index in [4.69, 9.17) is 14.4 Å². The summed E-state index contributed by atoms with van der Waals surface area (Å²) < 4.78 is 21.9. The first-order valence-corrected chi connectivity index (χ1v) is 10.8. The molecule has 0 aliphatic rings. The number of alkyl carbamates (subject to hydrolysis) is 1. The van der Waals surface area contributed by atoms with Crippen molar-refractivity contribution in [3.63, 3.8) is 0 Å². The third-order valence-electron chi connectivity index (χ3n) is 4.17. The van der Waals surface area contributed by atoms with Crippen molar-refractivity contribution in [2.24, 2.45) is 0 Å². The fourth-order valence-electron chi connectivity index (χ4n) is 2.59. The second-order valence-electron chi connectivity index (χ2n) is 6.67. The van der Waals surface area contributed by atoms with Gasteiger partial charge < -0.3 is 19.7 Å². The molecule has 0 saturated heterocycles. The molecule has 6 nitrogen and oxygen atoms in total. The van der Waals surface area contributed by atoms with Gasteiger partial charge in [-0.25, -0.2) is 4.79 Å². The topological polar surface area (TPSA) is 84.9 Å². The highest BCUT2D eigenvalue weighted by Gasteiger charge is 2.09. The molecule has 0 aliphatic carbocycles. The minimum absolute atomic E-state index is 0.0293. The lowest BCUT2D eigenvalue weighted by molar-refractivity contribution is 0.141. The van der Waals surface area contributed by atoms with Gasteiger partial charge >= 0.3 is 6.09 Å². The quantitative estimate of drug-likeness (QED) is 0.464. The monoisotopic (exact) mass is 405 g/mol. The van der Waals surface area contributed by atoms with E-state index in [1.807, 2.05) is 38.1 Å². The fourth-order valence-corrected chi connectivity index (χ4v) is 3.04. The molecule has 152 valence electrons. The van der Waals surface area contributed by atoms with E-state index in [2.05, 4.69) is 5.32 Å². The minimum atomic E-state index is -2.65. The maximum atomic E-state index is 11.7. The van der Waals surface area contributed by atoms with E-state index >= 15 is 0 Å². The summed E-state index contributed by atoms with van der Waals surface area (Å²) in [6.07, 6.45) is 2.19. The van der Waals surface area contributed by atoms with Crippen LogP contribution in [0.4, 0.5) is 4.79 Å². The van der Waals surface area contributed by atoms with Gasteiger partial charge in [-0.05, 0) is 55.2 Å². The fraction of sp³-hybridized carbons (Fsp3) is 0.381. The van der Waals surface area contributed by atoms with Crippen molar-refractivity contribution in [3.05, 3.63) is 59.7 Å². The number of rotatable bonds is 10. The van der Waals surface area contributed by atoms with Gasteiger partial charge in [-0.15, -0.1) is 0 Å². The molecule has 0 radical (unpaired) electrons. The Labute approximate surface area is 166 Å². The van der Waals surface area contributed by atoms with Gasteiger partial charge in [0.25, 0.3) is 0 Å². The number of nitrogens with one attached hydrogen (secondary N) is 1. The predicted octanol–water partition coefficient (Wildman–Crippen LogP) is 3.82. The molecule has 2 unspecified atom stereocenters. The summed E-state index contributed by atoms with van der Waals surface area (Å²) in [7, 11) is -2.65. The second-order valence-corrected chi connectivity index (χ2v) is 7.86. The molecule has 0 aliphatic heterocycles. The van der Waals surface area contributed by atoms with Crippen molar-refractivity contribution in [1.82, 2.24) is 5.32 Å². The zero-order valence-electron chi connectivity index (χ0n) is 16.3. The maximum Gasteiger partial charge on any atom is 0.407 e. The summed E-state index contributed by atoms with van der Waals surface area (Å²) in [6.45, 7) is 4.82. The van der Waals surface area contributed by atoms with Crippen LogP contribution in [0.3, 0.4) is 0 Å². The lowest BCUT2D eigenvalue weighted by Crippen LogP contribution is -2.34. The highest BCUT2D eigenvalue weighted by molar-refractivity contribution is 7.47. The smallest absolute Gasteiger partial charge is 0.407 e. The Morgan fingerprint density at radius 2 is 1.75 bits per heavy atom. The van der Waals surface area contributed by atoms with Gasteiger partial charge in [0.2, 0.25) is 8.03 Å². The molecule has 28 heavy (non-hydrogen) atoms. The Balaban J connectivity index is 1.77. The Morgan fingerprint density at radius 1 is 1.11 bits per heavy atom. The number of carbonyl (C=O) groups is 1. The van der Waals surface area contributed by atoms with Gasteiger partial charge in [0.05, 0.1) is 6.61 Å². The highest BCUT2D eigenvalue weighted by Crippen LogP contribution is 2.17. The van der Waals surface area contributed by atoms with Crippen LogP contribution in [0.15, 0.2) is 48.5 Å². The molecule has 2 atom stereocenters. The average molecular weight is 405 g/mol. The van der Waals surface area contributed by atoms with Gasteiger partial charge in [-0.2, -0.15) is 0 Å². The number of ether oxygens (including phenoxy) is 2. The van der Waals surface area contributed by atoms with Crippen LogP contribution in [0.5, 0.6) is 5.75 Å². The number of hydrogen-bond donors (Lipinski definition) is 2. The summed E-state index contributed by atoms with van der Waals surface area (Å²) in [5.41, 5.74) is 2.02. The van der Waals surface area contributed by atoms with E-state index in [0.717, 1.165) is 29.7 Å². The van der Waals surface area contributed by atoms with E-state index in [1.54, 1.807) is 24.3 Å². The molecule has 7 heteroatoms. The van der Waals surface area contributed by atoms with E-state index in [0.29, 0.717) is 24.9 Å². The first-order valence-electron chi connectivity index (χ1n) is 9.45. The van der Waals surface area contributed by atoms with Crippen molar-refractivity contribution in [1.29, 1.82) is 0 Å². The average Bonchev–Trinajstić information content (AvgIpc) is 2.68. The van der Waals surface area contributed by atoms with Crippen LogP contribution in [-0.4, -0.2) is 23.6 Å². The summed E-state index contributed by atoms with van der Waals surface area (Å²) >= 11 is 0. The zero-order valence-corrected chi connectivity index (χ0v) is 17.3. The Kier molecular flexibility index (Phi) is 9.05. The summed E-state index contributed by atoms with van der Waals surface area (Å²) in [4.78, 5) is 20.8. The molecule has 0 spiro atoms. The van der Waals surface area contributed by atoms with Crippen LogP contribution in [0.25, 0.3) is 0 Å². The van der Waals surface area contributed by atoms with Crippen LogP contribution in [0.1, 0.15) is 37.8 Å². The molecule has 2 aromatic rings. The van der Waals surface area contributed by atoms with Crippen LogP contribution >= 0.6 is 8.03 Å². The largest absolute Gasteiger partial charge is 0.489 e. The number of benzene rings is 2. The molecule has 0 aromatic heterocycles. The van der Waals surface area contributed by atoms with Crippen molar-refractivity contribution in [2.45, 2.75) is 45.8 Å². The lowest BCUT2D eigenvalue weighted by atomic mass is 10.1. The van der Waals surface area contributed by atoms with Crippen LogP contribution < -0.4 is 15.4 Å². The Morgan fingerprint density at radius 3 is 2.36 bits per heavy atom. The SMILES string of the molecule is CCCCOC(=O)NC(C)Cc1ccc(OCc2ccc([PH](=O)O)cc2)cc1. The van der Waals surface area contributed by atoms with Gasteiger partial charge in [0, 0.05) is 11.3 Å². The zero-order chi connectivity index (χ0) is 20.4. The van der Waals surface area contributed by atoms with Crippen molar-refractivity contribution in [3.8, 4) is 5.75 Å². The van der Waals surface area contributed by atoms with E-state index in [9.17, 15) is 9.36 Å². The molecule has 2 aromatic carbocycles. The number of amides is 1. The maximum absolute atomic E-state index is 11.7. The highest BCUT2D eigenvalue weighted by atomic mass is 31.1. The molecular weight excluding hydrogens is 377 g/mol. The normalized spacial score (nSPS) is 12.8. The third-order valence-corrected chi connectivity index (χ3v) is 4.99.